The maximum atomic E-state index is 12.5. The van der Waals surface area contributed by atoms with E-state index in [0.717, 1.165) is 13.0 Å². The molecule has 0 aliphatic carbocycles. The molecule has 1 unspecified atom stereocenters. The summed E-state index contributed by atoms with van der Waals surface area (Å²) in [7, 11) is 0. The predicted octanol–water partition coefficient (Wildman–Crippen LogP) is 0.737. The summed E-state index contributed by atoms with van der Waals surface area (Å²) in [6, 6.07) is 5.07. The quantitative estimate of drug-likeness (QED) is 0.831. The second-order valence-electron chi connectivity index (χ2n) is 4.74. The summed E-state index contributed by atoms with van der Waals surface area (Å²) in [6.07, 6.45) is 0.996. The van der Waals surface area contributed by atoms with Gasteiger partial charge in [0, 0.05) is 13.1 Å². The van der Waals surface area contributed by atoms with Crippen molar-refractivity contribution in [2.24, 2.45) is 0 Å². The Morgan fingerprint density at radius 2 is 2.45 bits per heavy atom. The molecule has 0 saturated carbocycles. The minimum absolute atomic E-state index is 0.0977. The lowest BCUT2D eigenvalue weighted by Gasteiger charge is -2.34. The number of morpholine rings is 1. The van der Waals surface area contributed by atoms with E-state index in [2.05, 4.69) is 17.2 Å². The number of hydrogen-bond donors (Lipinski definition) is 2. The average molecular weight is 279 g/mol. The summed E-state index contributed by atoms with van der Waals surface area (Å²) < 4.78 is 5.28. The van der Waals surface area contributed by atoms with Crippen molar-refractivity contribution < 1.29 is 14.6 Å². The van der Waals surface area contributed by atoms with Gasteiger partial charge in [-0.05, 0) is 18.6 Å². The second kappa shape index (κ2) is 7.21. The van der Waals surface area contributed by atoms with Gasteiger partial charge in [0.25, 0.3) is 5.91 Å². The van der Waals surface area contributed by atoms with Crippen LogP contribution in [0.5, 0.6) is 0 Å². The number of aromatic nitrogens is 1. The van der Waals surface area contributed by atoms with Crippen molar-refractivity contribution in [2.75, 3.05) is 38.2 Å². The van der Waals surface area contributed by atoms with Crippen LogP contribution < -0.4 is 5.32 Å². The molecule has 1 saturated heterocycles. The summed E-state index contributed by atoms with van der Waals surface area (Å²) in [4.78, 5) is 18.4. The highest BCUT2D eigenvalue weighted by Crippen LogP contribution is 2.13. The second-order valence-corrected chi connectivity index (χ2v) is 4.74. The number of rotatable bonds is 5. The highest BCUT2D eigenvalue weighted by Gasteiger charge is 2.28. The van der Waals surface area contributed by atoms with Crippen LogP contribution in [0.25, 0.3) is 0 Å². The first-order valence-electron chi connectivity index (χ1n) is 6.96. The maximum absolute atomic E-state index is 12.5. The van der Waals surface area contributed by atoms with Crippen LogP contribution in [-0.4, -0.2) is 59.8 Å². The Labute approximate surface area is 118 Å². The third kappa shape index (κ3) is 3.46. The molecule has 0 aromatic carbocycles. The van der Waals surface area contributed by atoms with Crippen LogP contribution in [0.15, 0.2) is 18.2 Å². The number of pyridine rings is 1. The zero-order valence-electron chi connectivity index (χ0n) is 11.7. The monoisotopic (exact) mass is 279 g/mol. The molecule has 1 fully saturated rings. The van der Waals surface area contributed by atoms with Crippen LogP contribution in [0.1, 0.15) is 23.8 Å². The number of amides is 1. The Kier molecular flexibility index (Phi) is 5.31. The van der Waals surface area contributed by atoms with Crippen LogP contribution in [0.3, 0.4) is 0 Å². The molecule has 0 spiro atoms. The van der Waals surface area contributed by atoms with Gasteiger partial charge in [0.05, 0.1) is 25.9 Å². The molecule has 1 aliphatic rings. The Balaban J connectivity index is 2.11. The molecule has 0 radical (unpaired) electrons. The number of aliphatic hydroxyl groups excluding tert-OH is 1. The average Bonchev–Trinajstić information content (AvgIpc) is 2.52. The minimum atomic E-state index is -0.287. The molecular weight excluding hydrogens is 258 g/mol. The smallest absolute Gasteiger partial charge is 0.273 e. The predicted molar refractivity (Wildman–Crippen MR) is 75.7 cm³/mol. The fourth-order valence-electron chi connectivity index (χ4n) is 2.13. The van der Waals surface area contributed by atoms with E-state index in [4.69, 9.17) is 4.74 Å². The molecule has 1 aromatic rings. The standard InChI is InChI=1S/C14H21N3O3/c1-2-6-15-13-5-3-4-12(16-13)14(19)17-7-8-20-10-11(17)9-18/h3-5,11,18H,2,6-10H2,1H3,(H,15,16). The molecule has 1 aliphatic heterocycles. The number of hydrogen-bond acceptors (Lipinski definition) is 5. The number of nitrogens with zero attached hydrogens (tertiary/aromatic N) is 2. The molecule has 1 aromatic heterocycles. The summed E-state index contributed by atoms with van der Waals surface area (Å²) in [5.74, 6) is 0.541. The SMILES string of the molecule is CCCNc1cccc(C(=O)N2CCOCC2CO)n1. The summed E-state index contributed by atoms with van der Waals surface area (Å²) >= 11 is 0. The molecule has 2 rings (SSSR count). The number of anilines is 1. The van der Waals surface area contributed by atoms with Gasteiger partial charge in [0.1, 0.15) is 11.5 Å². The molecule has 2 heterocycles. The molecule has 110 valence electrons. The number of aliphatic hydroxyl groups is 1. The molecule has 20 heavy (non-hydrogen) atoms. The van der Waals surface area contributed by atoms with Crippen molar-refractivity contribution in [3.05, 3.63) is 23.9 Å². The summed E-state index contributed by atoms with van der Waals surface area (Å²) in [6.45, 7) is 4.15. The molecule has 0 bridgehead atoms. The van der Waals surface area contributed by atoms with Crippen molar-refractivity contribution in [1.82, 2.24) is 9.88 Å². The van der Waals surface area contributed by atoms with Crippen LogP contribution >= 0.6 is 0 Å². The van der Waals surface area contributed by atoms with E-state index < -0.39 is 0 Å². The fourth-order valence-corrected chi connectivity index (χ4v) is 2.13. The number of ether oxygens (including phenoxy) is 1. The van der Waals surface area contributed by atoms with Gasteiger partial charge in [-0.2, -0.15) is 0 Å². The highest BCUT2D eigenvalue weighted by atomic mass is 16.5. The summed E-state index contributed by atoms with van der Waals surface area (Å²) in [5, 5.41) is 12.5. The Morgan fingerprint density at radius 3 is 3.20 bits per heavy atom. The zero-order valence-corrected chi connectivity index (χ0v) is 11.7. The fraction of sp³-hybridized carbons (Fsp3) is 0.571. The van der Waals surface area contributed by atoms with Crippen LogP contribution in [-0.2, 0) is 4.74 Å². The van der Waals surface area contributed by atoms with E-state index >= 15 is 0 Å². The zero-order chi connectivity index (χ0) is 14.4. The van der Waals surface area contributed by atoms with Gasteiger partial charge in [-0.3, -0.25) is 4.79 Å². The topological polar surface area (TPSA) is 74.7 Å². The Bertz CT molecular complexity index is 453. The van der Waals surface area contributed by atoms with Crippen molar-refractivity contribution >= 4 is 11.7 Å². The third-order valence-electron chi connectivity index (χ3n) is 3.22. The Morgan fingerprint density at radius 1 is 1.60 bits per heavy atom. The van der Waals surface area contributed by atoms with Gasteiger partial charge < -0.3 is 20.1 Å². The first-order chi connectivity index (χ1) is 9.76. The number of carbonyl (C=O) groups excluding carboxylic acids is 1. The van der Waals surface area contributed by atoms with Gasteiger partial charge in [-0.25, -0.2) is 4.98 Å². The molecule has 1 atom stereocenters. The summed E-state index contributed by atoms with van der Waals surface area (Å²) in [5.41, 5.74) is 0.395. The van der Waals surface area contributed by atoms with E-state index in [1.165, 1.54) is 0 Å². The normalized spacial score (nSPS) is 18.9. The van der Waals surface area contributed by atoms with E-state index in [-0.39, 0.29) is 18.6 Å². The van der Waals surface area contributed by atoms with Crippen molar-refractivity contribution in [2.45, 2.75) is 19.4 Å². The molecule has 2 N–H and O–H groups in total. The van der Waals surface area contributed by atoms with Crippen molar-refractivity contribution in [3.8, 4) is 0 Å². The largest absolute Gasteiger partial charge is 0.394 e. The molecular formula is C14H21N3O3. The lowest BCUT2D eigenvalue weighted by atomic mass is 10.2. The van der Waals surface area contributed by atoms with Crippen molar-refractivity contribution in [3.63, 3.8) is 0 Å². The lowest BCUT2D eigenvalue weighted by Crippen LogP contribution is -2.50. The van der Waals surface area contributed by atoms with E-state index in [1.54, 1.807) is 11.0 Å². The molecule has 1 amide bonds. The Hall–Kier alpha value is -1.66. The highest BCUT2D eigenvalue weighted by molar-refractivity contribution is 5.93. The minimum Gasteiger partial charge on any atom is -0.394 e. The maximum Gasteiger partial charge on any atom is 0.273 e. The number of nitrogens with one attached hydrogen (secondary N) is 1. The van der Waals surface area contributed by atoms with Crippen LogP contribution in [0, 0.1) is 0 Å². The third-order valence-corrected chi connectivity index (χ3v) is 3.22. The van der Waals surface area contributed by atoms with E-state index in [1.807, 2.05) is 12.1 Å². The first-order valence-corrected chi connectivity index (χ1v) is 6.96. The molecule has 6 heteroatoms. The van der Waals surface area contributed by atoms with Gasteiger partial charge >= 0.3 is 0 Å². The van der Waals surface area contributed by atoms with Crippen molar-refractivity contribution in [1.29, 1.82) is 0 Å². The van der Waals surface area contributed by atoms with Gasteiger partial charge in [-0.15, -0.1) is 0 Å². The number of carbonyl (C=O) groups is 1. The van der Waals surface area contributed by atoms with Crippen LogP contribution in [0.4, 0.5) is 5.82 Å². The molecule has 6 nitrogen and oxygen atoms in total. The van der Waals surface area contributed by atoms with E-state index in [9.17, 15) is 9.90 Å². The van der Waals surface area contributed by atoms with Gasteiger partial charge in [-0.1, -0.05) is 13.0 Å². The lowest BCUT2D eigenvalue weighted by molar-refractivity contribution is -0.0186. The van der Waals surface area contributed by atoms with Crippen LogP contribution in [0.2, 0.25) is 0 Å². The first kappa shape index (κ1) is 14.7. The van der Waals surface area contributed by atoms with Gasteiger partial charge in [0.2, 0.25) is 0 Å². The van der Waals surface area contributed by atoms with Gasteiger partial charge in [0.15, 0.2) is 0 Å². The van der Waals surface area contributed by atoms with E-state index in [0.29, 0.717) is 31.3 Å².